The van der Waals surface area contributed by atoms with Crippen molar-refractivity contribution in [3.63, 3.8) is 0 Å². The van der Waals surface area contributed by atoms with Crippen molar-refractivity contribution >= 4 is 17.9 Å². The molecule has 2 aliphatic rings. The summed E-state index contributed by atoms with van der Waals surface area (Å²) in [4.78, 5) is 26.2. The standard InChI is InChI=1S/C21H28N2O3/c1-3-5-14-6-8-15(9-7-14)20-17(12-22-21(26)16-10-11-16)23(18(20)13-24)19(25)4-2/h3,5-9,16-18,20,24H,4,10-13H2,1-2H3,(H,22,26)/b5-3+/t17-,18+,20-/m0/s1. The molecule has 1 aromatic carbocycles. The number of allylic oxidation sites excluding steroid dienone is 1. The van der Waals surface area contributed by atoms with Gasteiger partial charge in [0.1, 0.15) is 0 Å². The van der Waals surface area contributed by atoms with Crippen LogP contribution in [0, 0.1) is 5.92 Å². The van der Waals surface area contributed by atoms with Crippen LogP contribution < -0.4 is 5.32 Å². The first kappa shape index (κ1) is 18.6. The number of hydrogen-bond donors (Lipinski definition) is 2. The van der Waals surface area contributed by atoms with Crippen molar-refractivity contribution in [2.24, 2.45) is 5.92 Å². The normalized spacial score (nSPS) is 25.2. The third-order valence-electron chi connectivity index (χ3n) is 5.44. The molecule has 3 atom stereocenters. The molecule has 0 aromatic heterocycles. The van der Waals surface area contributed by atoms with E-state index >= 15 is 0 Å². The topological polar surface area (TPSA) is 69.6 Å². The van der Waals surface area contributed by atoms with Crippen LogP contribution in [0.25, 0.3) is 6.08 Å². The summed E-state index contributed by atoms with van der Waals surface area (Å²) in [7, 11) is 0. The van der Waals surface area contributed by atoms with E-state index in [1.807, 2.05) is 38.1 Å². The van der Waals surface area contributed by atoms with Gasteiger partial charge in [-0.15, -0.1) is 0 Å². The van der Waals surface area contributed by atoms with E-state index in [4.69, 9.17) is 0 Å². The van der Waals surface area contributed by atoms with E-state index in [0.717, 1.165) is 24.0 Å². The van der Waals surface area contributed by atoms with E-state index in [9.17, 15) is 14.7 Å². The van der Waals surface area contributed by atoms with E-state index in [1.54, 1.807) is 4.90 Å². The average Bonchev–Trinajstić information content (AvgIpc) is 3.47. The van der Waals surface area contributed by atoms with Crippen LogP contribution >= 0.6 is 0 Å². The molecule has 5 nitrogen and oxygen atoms in total. The van der Waals surface area contributed by atoms with Crippen molar-refractivity contribution in [3.8, 4) is 0 Å². The number of nitrogens with one attached hydrogen (secondary N) is 1. The highest BCUT2D eigenvalue weighted by Gasteiger charge is 2.50. The molecule has 2 fully saturated rings. The Kier molecular flexibility index (Phi) is 5.77. The number of carbonyl (C=O) groups excluding carboxylic acids is 2. The number of carbonyl (C=O) groups is 2. The number of aliphatic hydroxyl groups excluding tert-OH is 1. The Labute approximate surface area is 155 Å². The number of nitrogens with zero attached hydrogens (tertiary/aromatic N) is 1. The van der Waals surface area contributed by atoms with Gasteiger partial charge in [0.15, 0.2) is 0 Å². The van der Waals surface area contributed by atoms with E-state index in [1.165, 1.54) is 0 Å². The third-order valence-corrected chi connectivity index (χ3v) is 5.44. The molecule has 1 heterocycles. The number of amides is 2. The Hall–Kier alpha value is -2.14. The van der Waals surface area contributed by atoms with Gasteiger partial charge in [0.2, 0.25) is 11.8 Å². The average molecular weight is 356 g/mol. The van der Waals surface area contributed by atoms with Crippen LogP contribution in [0.2, 0.25) is 0 Å². The minimum Gasteiger partial charge on any atom is -0.394 e. The zero-order valence-electron chi connectivity index (χ0n) is 15.5. The molecule has 2 amide bonds. The summed E-state index contributed by atoms with van der Waals surface area (Å²) in [6, 6.07) is 7.90. The molecule has 0 radical (unpaired) electrons. The van der Waals surface area contributed by atoms with Gasteiger partial charge in [-0.25, -0.2) is 0 Å². The van der Waals surface area contributed by atoms with Crippen LogP contribution in [0.15, 0.2) is 30.3 Å². The molecule has 1 saturated carbocycles. The van der Waals surface area contributed by atoms with Gasteiger partial charge >= 0.3 is 0 Å². The summed E-state index contributed by atoms with van der Waals surface area (Å²) in [5.74, 6) is 0.298. The molecular weight excluding hydrogens is 328 g/mol. The lowest BCUT2D eigenvalue weighted by atomic mass is 9.74. The molecule has 26 heavy (non-hydrogen) atoms. The monoisotopic (exact) mass is 356 g/mol. The zero-order chi connectivity index (χ0) is 18.7. The maximum absolute atomic E-state index is 12.4. The zero-order valence-corrected chi connectivity index (χ0v) is 15.5. The lowest BCUT2D eigenvalue weighted by Gasteiger charge is -2.55. The van der Waals surface area contributed by atoms with E-state index in [-0.39, 0.29) is 42.3 Å². The highest BCUT2D eigenvalue weighted by molar-refractivity contribution is 5.81. The molecule has 1 saturated heterocycles. The Bertz CT molecular complexity index is 679. The Morgan fingerprint density at radius 2 is 1.92 bits per heavy atom. The maximum Gasteiger partial charge on any atom is 0.223 e. The number of likely N-dealkylation sites (tertiary alicyclic amines) is 1. The summed E-state index contributed by atoms with van der Waals surface area (Å²) in [6.45, 7) is 4.18. The van der Waals surface area contributed by atoms with E-state index in [0.29, 0.717) is 13.0 Å². The van der Waals surface area contributed by atoms with Gasteiger partial charge in [-0.2, -0.15) is 0 Å². The number of benzene rings is 1. The fourth-order valence-corrected chi connectivity index (χ4v) is 3.89. The van der Waals surface area contributed by atoms with E-state index in [2.05, 4.69) is 17.4 Å². The largest absolute Gasteiger partial charge is 0.394 e. The van der Waals surface area contributed by atoms with Crippen LogP contribution in [0.5, 0.6) is 0 Å². The molecule has 1 aliphatic heterocycles. The smallest absolute Gasteiger partial charge is 0.223 e. The molecule has 0 unspecified atom stereocenters. The second-order valence-corrected chi connectivity index (χ2v) is 7.18. The van der Waals surface area contributed by atoms with Crippen LogP contribution in [-0.2, 0) is 9.59 Å². The highest BCUT2D eigenvalue weighted by atomic mass is 16.3. The first-order valence-electron chi connectivity index (χ1n) is 9.53. The molecule has 2 N–H and O–H groups in total. The first-order valence-corrected chi connectivity index (χ1v) is 9.53. The summed E-state index contributed by atoms with van der Waals surface area (Å²) in [5, 5.41) is 12.9. The summed E-state index contributed by atoms with van der Waals surface area (Å²) in [6.07, 6.45) is 6.35. The Morgan fingerprint density at radius 1 is 1.23 bits per heavy atom. The van der Waals surface area contributed by atoms with Crippen molar-refractivity contribution in [1.29, 1.82) is 0 Å². The Balaban J connectivity index is 1.78. The predicted molar refractivity (Wildman–Crippen MR) is 101 cm³/mol. The maximum atomic E-state index is 12.4. The molecule has 0 spiro atoms. The molecule has 5 heteroatoms. The van der Waals surface area contributed by atoms with Crippen LogP contribution in [-0.4, -0.2) is 47.1 Å². The van der Waals surface area contributed by atoms with Gasteiger partial charge < -0.3 is 15.3 Å². The summed E-state index contributed by atoms with van der Waals surface area (Å²) in [5.41, 5.74) is 2.22. The summed E-state index contributed by atoms with van der Waals surface area (Å²) < 4.78 is 0. The van der Waals surface area contributed by atoms with Crippen LogP contribution in [0.1, 0.15) is 50.2 Å². The van der Waals surface area contributed by atoms with E-state index < -0.39 is 0 Å². The number of hydrogen-bond acceptors (Lipinski definition) is 3. The molecule has 140 valence electrons. The molecule has 3 rings (SSSR count). The molecular formula is C21H28N2O3. The van der Waals surface area contributed by atoms with Crippen molar-refractivity contribution < 1.29 is 14.7 Å². The van der Waals surface area contributed by atoms with Crippen molar-refractivity contribution in [2.45, 2.75) is 51.1 Å². The summed E-state index contributed by atoms with van der Waals surface area (Å²) >= 11 is 0. The van der Waals surface area contributed by atoms with Crippen molar-refractivity contribution in [1.82, 2.24) is 10.2 Å². The lowest BCUT2D eigenvalue weighted by Crippen LogP contribution is -2.68. The Morgan fingerprint density at radius 3 is 2.46 bits per heavy atom. The van der Waals surface area contributed by atoms with Crippen molar-refractivity contribution in [3.05, 3.63) is 41.5 Å². The first-order chi connectivity index (χ1) is 12.6. The van der Waals surface area contributed by atoms with Gasteiger partial charge in [-0.3, -0.25) is 9.59 Å². The van der Waals surface area contributed by atoms with Crippen LogP contribution in [0.4, 0.5) is 0 Å². The minimum absolute atomic E-state index is 0.0245. The predicted octanol–water partition coefficient (Wildman–Crippen LogP) is 2.31. The molecule has 1 aliphatic carbocycles. The third kappa shape index (κ3) is 3.68. The molecule has 0 bridgehead atoms. The van der Waals surface area contributed by atoms with Crippen molar-refractivity contribution in [2.75, 3.05) is 13.2 Å². The fourth-order valence-electron chi connectivity index (χ4n) is 3.89. The second-order valence-electron chi connectivity index (χ2n) is 7.18. The highest BCUT2D eigenvalue weighted by Crippen LogP contribution is 2.41. The van der Waals surface area contributed by atoms with Gasteiger partial charge in [0.05, 0.1) is 18.7 Å². The number of rotatable bonds is 7. The van der Waals surface area contributed by atoms with Gasteiger partial charge in [-0.1, -0.05) is 43.3 Å². The number of aliphatic hydroxyl groups is 1. The lowest BCUT2D eigenvalue weighted by molar-refractivity contribution is -0.150. The van der Waals surface area contributed by atoms with Gasteiger partial charge in [0.25, 0.3) is 0 Å². The van der Waals surface area contributed by atoms with Gasteiger partial charge in [-0.05, 0) is 30.9 Å². The second kappa shape index (κ2) is 8.04. The van der Waals surface area contributed by atoms with Gasteiger partial charge in [0, 0.05) is 24.8 Å². The SMILES string of the molecule is C/C=C/c1ccc([C@@H]2[C@@H](CO)N(C(=O)CC)[C@H]2CNC(=O)C2CC2)cc1. The molecule has 1 aromatic rings. The fraction of sp³-hybridized carbons (Fsp3) is 0.524. The van der Waals surface area contributed by atoms with Crippen LogP contribution in [0.3, 0.4) is 0 Å². The quantitative estimate of drug-likeness (QED) is 0.788. The minimum atomic E-state index is -0.224.